The van der Waals surface area contributed by atoms with E-state index in [1.165, 1.54) is 5.56 Å². The van der Waals surface area contributed by atoms with Crippen molar-refractivity contribution in [2.45, 2.75) is 102 Å². The summed E-state index contributed by atoms with van der Waals surface area (Å²) in [5, 5.41) is 20.5. The Hall–Kier alpha value is -1.51. The molecule has 0 aromatic heterocycles. The van der Waals surface area contributed by atoms with Gasteiger partial charge in [-0.2, -0.15) is 0 Å². The first-order chi connectivity index (χ1) is 16.6. The molecular weight excluding hydrogens is 436 g/mol. The first-order valence-electron chi connectivity index (χ1n) is 13.1. The van der Waals surface area contributed by atoms with Gasteiger partial charge in [-0.3, -0.25) is 4.79 Å². The second-order valence-electron chi connectivity index (χ2n) is 9.96. The molecule has 1 saturated carbocycles. The Labute approximate surface area is 202 Å². The number of hydrogen-bond acceptors (Lipinski definition) is 6. The number of hydrogen-bond donors (Lipinski definition) is 2. The zero-order valence-corrected chi connectivity index (χ0v) is 20.1. The third kappa shape index (κ3) is 7.25. The van der Waals surface area contributed by atoms with Crippen LogP contribution in [0.2, 0.25) is 0 Å². The van der Waals surface area contributed by atoms with Gasteiger partial charge in [-0.15, -0.1) is 0 Å². The summed E-state index contributed by atoms with van der Waals surface area (Å²) in [6, 6.07) is 10.4. The summed E-state index contributed by atoms with van der Waals surface area (Å²) in [6.07, 6.45) is 6.87. The molecule has 0 amide bonds. The minimum absolute atomic E-state index is 0.0959. The fourth-order valence-electron chi connectivity index (χ4n) is 5.77. The molecule has 34 heavy (non-hydrogen) atoms. The third-order valence-electron chi connectivity index (χ3n) is 7.46. The largest absolute Gasteiger partial charge is 0.481 e. The van der Waals surface area contributed by atoms with Crippen molar-refractivity contribution >= 4 is 5.97 Å². The fourth-order valence-corrected chi connectivity index (χ4v) is 5.77. The molecule has 2 N–H and O–H groups in total. The summed E-state index contributed by atoms with van der Waals surface area (Å²) in [4.78, 5) is 11.7. The van der Waals surface area contributed by atoms with Crippen molar-refractivity contribution in [2.24, 2.45) is 11.8 Å². The van der Waals surface area contributed by atoms with Gasteiger partial charge in [0.2, 0.25) is 0 Å². The van der Waals surface area contributed by atoms with Gasteiger partial charge < -0.3 is 29.2 Å². The highest BCUT2D eigenvalue weighted by atomic mass is 16.7. The number of benzene rings is 1. The van der Waals surface area contributed by atoms with Gasteiger partial charge in [-0.1, -0.05) is 30.3 Å². The molecule has 0 spiro atoms. The van der Waals surface area contributed by atoms with Gasteiger partial charge in [-0.05, 0) is 63.4 Å². The number of ether oxygens (including phenoxy) is 4. The second-order valence-corrected chi connectivity index (χ2v) is 9.96. The Balaban J connectivity index is 1.50. The molecular formula is C27H40O7. The molecule has 0 bridgehead atoms. The van der Waals surface area contributed by atoms with Crippen LogP contribution in [0.3, 0.4) is 0 Å². The Morgan fingerprint density at radius 3 is 2.38 bits per heavy atom. The predicted molar refractivity (Wildman–Crippen MR) is 126 cm³/mol. The molecule has 1 aromatic rings. The maximum atomic E-state index is 11.7. The number of carbonyl (C=O) groups is 1. The lowest BCUT2D eigenvalue weighted by Gasteiger charge is -2.37. The zero-order valence-electron chi connectivity index (χ0n) is 20.1. The van der Waals surface area contributed by atoms with Crippen LogP contribution in [-0.4, -0.2) is 60.3 Å². The molecule has 7 nitrogen and oxygen atoms in total. The second kappa shape index (κ2) is 13.0. The molecule has 3 unspecified atom stereocenters. The molecule has 7 atom stereocenters. The maximum Gasteiger partial charge on any atom is 0.303 e. The molecule has 3 aliphatic rings. The van der Waals surface area contributed by atoms with Crippen LogP contribution in [0.5, 0.6) is 0 Å². The van der Waals surface area contributed by atoms with Gasteiger partial charge in [0.25, 0.3) is 0 Å². The van der Waals surface area contributed by atoms with Crippen molar-refractivity contribution in [3.8, 4) is 0 Å². The Kier molecular flexibility index (Phi) is 9.77. The highest BCUT2D eigenvalue weighted by molar-refractivity contribution is 5.67. The molecule has 2 aliphatic heterocycles. The normalized spacial score (nSPS) is 33.0. The molecule has 4 rings (SSSR count). The number of aliphatic hydroxyl groups excluding tert-OH is 1. The summed E-state index contributed by atoms with van der Waals surface area (Å²) in [7, 11) is 0. The molecule has 2 saturated heterocycles. The number of aliphatic carboxylic acids is 1. The molecule has 1 aliphatic carbocycles. The van der Waals surface area contributed by atoms with E-state index in [-0.39, 0.29) is 37.1 Å². The average Bonchev–Trinajstić information content (AvgIpc) is 3.14. The van der Waals surface area contributed by atoms with E-state index in [1.54, 1.807) is 0 Å². The summed E-state index contributed by atoms with van der Waals surface area (Å²) in [5.74, 6) is -1.55. The van der Waals surface area contributed by atoms with Gasteiger partial charge in [-0.25, -0.2) is 0 Å². The van der Waals surface area contributed by atoms with Gasteiger partial charge in [0.15, 0.2) is 12.6 Å². The average molecular weight is 477 g/mol. The minimum atomic E-state index is -0.902. The summed E-state index contributed by atoms with van der Waals surface area (Å²) >= 11 is 0. The number of carboxylic acid groups (broad SMARTS) is 1. The SMILES string of the molecule is O=C(O)C[C@H]1[C@H](C(CCCc2ccccc2)OC2CCCCO2)[C@@H](OC2CCCCO2)C[C@H]1O. The molecule has 1 aromatic carbocycles. The zero-order chi connectivity index (χ0) is 23.8. The maximum absolute atomic E-state index is 11.7. The van der Waals surface area contributed by atoms with Crippen LogP contribution in [0, 0.1) is 11.8 Å². The van der Waals surface area contributed by atoms with E-state index >= 15 is 0 Å². The molecule has 0 radical (unpaired) electrons. The summed E-state index contributed by atoms with van der Waals surface area (Å²) in [6.45, 7) is 1.36. The van der Waals surface area contributed by atoms with Crippen LogP contribution >= 0.6 is 0 Å². The highest BCUT2D eigenvalue weighted by Crippen LogP contribution is 2.43. The van der Waals surface area contributed by atoms with Gasteiger partial charge in [0.05, 0.1) is 24.7 Å². The van der Waals surface area contributed by atoms with Crippen LogP contribution in [0.1, 0.15) is 69.8 Å². The molecule has 3 fully saturated rings. The van der Waals surface area contributed by atoms with Crippen LogP contribution in [0.25, 0.3) is 0 Å². The Bertz CT molecular complexity index is 730. The number of aliphatic hydroxyl groups is 1. The summed E-state index contributed by atoms with van der Waals surface area (Å²) < 4.78 is 24.6. The topological polar surface area (TPSA) is 94.5 Å². The van der Waals surface area contributed by atoms with Crippen molar-refractivity contribution in [3.05, 3.63) is 35.9 Å². The van der Waals surface area contributed by atoms with Crippen molar-refractivity contribution in [3.63, 3.8) is 0 Å². The molecule has 7 heteroatoms. The number of aryl methyl sites for hydroxylation is 1. The summed E-state index contributed by atoms with van der Waals surface area (Å²) in [5.41, 5.74) is 1.27. The van der Waals surface area contributed by atoms with Crippen molar-refractivity contribution in [1.82, 2.24) is 0 Å². The lowest BCUT2D eigenvalue weighted by molar-refractivity contribution is -0.232. The lowest BCUT2D eigenvalue weighted by atomic mass is 9.83. The van der Waals surface area contributed by atoms with E-state index in [4.69, 9.17) is 18.9 Å². The first kappa shape index (κ1) is 25.6. The minimum Gasteiger partial charge on any atom is -0.481 e. The lowest BCUT2D eigenvalue weighted by Crippen LogP contribution is -2.42. The van der Waals surface area contributed by atoms with E-state index in [0.29, 0.717) is 19.6 Å². The van der Waals surface area contributed by atoms with Crippen LogP contribution in [0.15, 0.2) is 30.3 Å². The van der Waals surface area contributed by atoms with E-state index in [0.717, 1.165) is 57.8 Å². The first-order valence-corrected chi connectivity index (χ1v) is 13.1. The molecule has 2 heterocycles. The Morgan fingerprint density at radius 1 is 1.03 bits per heavy atom. The predicted octanol–water partition coefficient (Wildman–Crippen LogP) is 4.30. The van der Waals surface area contributed by atoms with Crippen molar-refractivity contribution < 1.29 is 34.0 Å². The smallest absolute Gasteiger partial charge is 0.303 e. The fraction of sp³-hybridized carbons (Fsp3) is 0.741. The van der Waals surface area contributed by atoms with Crippen molar-refractivity contribution in [2.75, 3.05) is 13.2 Å². The van der Waals surface area contributed by atoms with E-state index in [9.17, 15) is 15.0 Å². The molecule has 190 valence electrons. The Morgan fingerprint density at radius 2 is 1.74 bits per heavy atom. The van der Waals surface area contributed by atoms with Crippen LogP contribution in [-0.2, 0) is 30.2 Å². The highest BCUT2D eigenvalue weighted by Gasteiger charge is 2.49. The van der Waals surface area contributed by atoms with E-state index in [2.05, 4.69) is 12.1 Å². The van der Waals surface area contributed by atoms with E-state index in [1.807, 2.05) is 18.2 Å². The van der Waals surface area contributed by atoms with Crippen LogP contribution in [0.4, 0.5) is 0 Å². The van der Waals surface area contributed by atoms with Gasteiger partial charge in [0.1, 0.15) is 0 Å². The van der Waals surface area contributed by atoms with Crippen molar-refractivity contribution in [1.29, 1.82) is 0 Å². The number of rotatable bonds is 11. The van der Waals surface area contributed by atoms with Gasteiger partial charge in [0, 0.05) is 31.5 Å². The van der Waals surface area contributed by atoms with Crippen LogP contribution < -0.4 is 0 Å². The monoisotopic (exact) mass is 476 g/mol. The third-order valence-corrected chi connectivity index (χ3v) is 7.46. The quantitative estimate of drug-likeness (QED) is 0.492. The number of carboxylic acids is 1. The van der Waals surface area contributed by atoms with Gasteiger partial charge >= 0.3 is 5.97 Å². The standard InChI is InChI=1S/C27H40O7/c28-21-18-23(34-26-14-5-7-16-32-26)27(20(21)17-24(29)30)22(33-25-13-4-6-15-31-25)12-8-11-19-9-2-1-3-10-19/h1-3,9-10,20-23,25-28H,4-8,11-18H2,(H,29,30)/t20-,21-,22?,23+,25?,26?,27-/m1/s1. The van der Waals surface area contributed by atoms with E-state index < -0.39 is 18.0 Å².